The number of anilines is 2. The van der Waals surface area contributed by atoms with Crippen molar-refractivity contribution in [2.75, 3.05) is 23.3 Å². The van der Waals surface area contributed by atoms with Crippen LogP contribution < -0.4 is 10.2 Å². The van der Waals surface area contributed by atoms with Gasteiger partial charge in [-0.15, -0.1) is 31.7 Å². The van der Waals surface area contributed by atoms with Crippen molar-refractivity contribution in [2.45, 2.75) is 38.0 Å². The topological polar surface area (TPSA) is 127 Å². The largest absolute Gasteiger partial charge is 0.355 e. The number of Topliss-reactive ketones (excluding diaryl/α,β-unsaturated/α-hetero) is 1. The molecule has 1 fully saturated rings. The molecule has 1 aliphatic heterocycles. The number of ketones is 1. The van der Waals surface area contributed by atoms with Gasteiger partial charge in [-0.05, 0) is 36.6 Å². The lowest BCUT2D eigenvalue weighted by Gasteiger charge is -2.31. The van der Waals surface area contributed by atoms with Crippen molar-refractivity contribution < 1.29 is 14.0 Å². The number of amides is 1. The molecule has 0 saturated carbocycles. The molecule has 0 unspecified atom stereocenters. The molecule has 5 rings (SSSR count). The van der Waals surface area contributed by atoms with Gasteiger partial charge in [0.2, 0.25) is 5.91 Å². The molecular formula is C26H25FN8O2S. The SMILES string of the molecule is O=C(Cc1cnccn1)Cc1nnc(C2CCN(c3ccc(NC(=O)Cc4ccccc4F)nn3)CC2)s1. The summed E-state index contributed by atoms with van der Waals surface area (Å²) in [5.74, 6) is 0.586. The third kappa shape index (κ3) is 6.57. The fraction of sp³-hybridized carbons (Fsp3) is 0.308. The zero-order valence-corrected chi connectivity index (χ0v) is 21.3. The number of hydrogen-bond donors (Lipinski definition) is 1. The van der Waals surface area contributed by atoms with E-state index in [4.69, 9.17) is 0 Å². The van der Waals surface area contributed by atoms with Crippen LogP contribution in [0.4, 0.5) is 16.0 Å². The van der Waals surface area contributed by atoms with Gasteiger partial charge in [-0.2, -0.15) is 0 Å². The van der Waals surface area contributed by atoms with Crippen LogP contribution >= 0.6 is 11.3 Å². The number of piperidine rings is 1. The molecule has 12 heteroatoms. The Bertz CT molecular complexity index is 1390. The van der Waals surface area contributed by atoms with Gasteiger partial charge in [0.15, 0.2) is 11.6 Å². The van der Waals surface area contributed by atoms with Gasteiger partial charge in [0, 0.05) is 37.6 Å². The van der Waals surface area contributed by atoms with Crippen LogP contribution in [-0.2, 0) is 28.9 Å². The number of rotatable bonds is 9. The third-order valence-electron chi connectivity index (χ3n) is 6.22. The summed E-state index contributed by atoms with van der Waals surface area (Å²) < 4.78 is 13.8. The van der Waals surface area contributed by atoms with Crippen LogP contribution in [0.5, 0.6) is 0 Å². The number of benzene rings is 1. The van der Waals surface area contributed by atoms with Crippen molar-refractivity contribution in [2.24, 2.45) is 0 Å². The fourth-order valence-electron chi connectivity index (χ4n) is 4.28. The third-order valence-corrected chi connectivity index (χ3v) is 7.31. The monoisotopic (exact) mass is 532 g/mol. The first kappa shape index (κ1) is 25.5. The smallest absolute Gasteiger partial charge is 0.230 e. The number of hydrogen-bond acceptors (Lipinski definition) is 10. The van der Waals surface area contributed by atoms with Gasteiger partial charge >= 0.3 is 0 Å². The highest BCUT2D eigenvalue weighted by molar-refractivity contribution is 7.11. The highest BCUT2D eigenvalue weighted by Gasteiger charge is 2.25. The Hall–Kier alpha value is -4.19. The summed E-state index contributed by atoms with van der Waals surface area (Å²) in [6, 6.07) is 9.70. The molecule has 0 aliphatic carbocycles. The van der Waals surface area contributed by atoms with E-state index in [0.29, 0.717) is 17.1 Å². The predicted molar refractivity (Wildman–Crippen MR) is 139 cm³/mol. The Kier molecular flexibility index (Phi) is 7.98. The van der Waals surface area contributed by atoms with Gasteiger partial charge in [-0.1, -0.05) is 18.2 Å². The molecule has 194 valence electrons. The van der Waals surface area contributed by atoms with Gasteiger partial charge in [-0.25, -0.2) is 4.39 Å². The van der Waals surface area contributed by atoms with Crippen LogP contribution in [-0.4, -0.2) is 55.1 Å². The molecule has 0 atom stereocenters. The summed E-state index contributed by atoms with van der Waals surface area (Å²) in [5.41, 5.74) is 0.976. The molecule has 1 aromatic carbocycles. The molecular weight excluding hydrogens is 507 g/mol. The van der Waals surface area contributed by atoms with Crippen LogP contribution in [0.3, 0.4) is 0 Å². The van der Waals surface area contributed by atoms with Gasteiger partial charge in [0.05, 0.1) is 25.0 Å². The summed E-state index contributed by atoms with van der Waals surface area (Å²) in [7, 11) is 0. The minimum atomic E-state index is -0.413. The van der Waals surface area contributed by atoms with E-state index in [2.05, 4.69) is 40.6 Å². The van der Waals surface area contributed by atoms with Crippen molar-refractivity contribution in [1.82, 2.24) is 30.4 Å². The molecule has 0 radical (unpaired) electrons. The molecule has 1 aliphatic rings. The van der Waals surface area contributed by atoms with Crippen molar-refractivity contribution in [3.8, 4) is 0 Å². The number of aromatic nitrogens is 6. The van der Waals surface area contributed by atoms with Crippen molar-refractivity contribution in [3.05, 3.63) is 82.1 Å². The second-order valence-electron chi connectivity index (χ2n) is 8.98. The van der Waals surface area contributed by atoms with Gasteiger partial charge in [-0.3, -0.25) is 19.6 Å². The summed E-state index contributed by atoms with van der Waals surface area (Å²) in [6.07, 6.45) is 6.91. The average Bonchev–Trinajstić information content (AvgIpc) is 3.39. The normalized spacial score (nSPS) is 13.9. The van der Waals surface area contributed by atoms with E-state index in [9.17, 15) is 14.0 Å². The molecule has 10 nitrogen and oxygen atoms in total. The number of nitrogens with one attached hydrogen (secondary N) is 1. The summed E-state index contributed by atoms with van der Waals surface area (Å²) in [4.78, 5) is 34.9. The van der Waals surface area contributed by atoms with Crippen LogP contribution in [0.2, 0.25) is 0 Å². The first-order chi connectivity index (χ1) is 18.5. The number of nitrogens with zero attached hydrogens (tertiary/aromatic N) is 7. The average molecular weight is 533 g/mol. The summed E-state index contributed by atoms with van der Waals surface area (Å²) in [5, 5.41) is 21.3. The molecule has 1 amide bonds. The van der Waals surface area contributed by atoms with E-state index >= 15 is 0 Å². The second kappa shape index (κ2) is 11.9. The first-order valence-electron chi connectivity index (χ1n) is 12.2. The lowest BCUT2D eigenvalue weighted by atomic mass is 9.98. The Morgan fingerprint density at radius 1 is 0.974 bits per heavy atom. The fourth-order valence-corrected chi connectivity index (χ4v) is 5.32. The maximum atomic E-state index is 13.8. The highest BCUT2D eigenvalue weighted by atomic mass is 32.1. The van der Waals surface area contributed by atoms with E-state index in [1.165, 1.54) is 17.4 Å². The van der Waals surface area contributed by atoms with E-state index in [0.717, 1.165) is 41.8 Å². The Balaban J connectivity index is 1.09. The van der Waals surface area contributed by atoms with E-state index in [-0.39, 0.29) is 36.9 Å². The number of carbonyl (C=O) groups is 2. The quantitative estimate of drug-likeness (QED) is 0.346. The number of halogens is 1. The lowest BCUT2D eigenvalue weighted by Crippen LogP contribution is -2.33. The Morgan fingerprint density at radius 2 is 1.82 bits per heavy atom. The molecule has 1 N–H and O–H groups in total. The van der Waals surface area contributed by atoms with Crippen LogP contribution in [0.1, 0.15) is 40.0 Å². The zero-order valence-electron chi connectivity index (χ0n) is 20.5. The molecule has 1 saturated heterocycles. The Labute approximate surface area is 222 Å². The predicted octanol–water partition coefficient (Wildman–Crippen LogP) is 3.18. The highest BCUT2D eigenvalue weighted by Crippen LogP contribution is 2.31. The zero-order chi connectivity index (χ0) is 26.3. The molecule has 3 aromatic heterocycles. The summed E-state index contributed by atoms with van der Waals surface area (Å²) >= 11 is 1.50. The van der Waals surface area contributed by atoms with Crippen LogP contribution in [0.25, 0.3) is 0 Å². The van der Waals surface area contributed by atoms with Gasteiger partial charge in [0.1, 0.15) is 21.6 Å². The minimum absolute atomic E-state index is 0.0356. The van der Waals surface area contributed by atoms with Crippen molar-refractivity contribution >= 4 is 34.7 Å². The van der Waals surface area contributed by atoms with Gasteiger partial charge < -0.3 is 10.2 Å². The second-order valence-corrected chi connectivity index (χ2v) is 10.1. The van der Waals surface area contributed by atoms with E-state index in [1.807, 2.05) is 6.07 Å². The van der Waals surface area contributed by atoms with Gasteiger partial charge in [0.25, 0.3) is 0 Å². The van der Waals surface area contributed by atoms with Crippen LogP contribution in [0, 0.1) is 5.82 Å². The molecule has 0 spiro atoms. The van der Waals surface area contributed by atoms with Crippen LogP contribution in [0.15, 0.2) is 55.0 Å². The summed E-state index contributed by atoms with van der Waals surface area (Å²) in [6.45, 7) is 1.55. The lowest BCUT2D eigenvalue weighted by molar-refractivity contribution is -0.118. The van der Waals surface area contributed by atoms with Crippen molar-refractivity contribution in [1.29, 1.82) is 0 Å². The standard InChI is InChI=1S/C26H25FN8O2S/c27-21-4-2-1-3-18(21)13-24(37)30-22-5-6-23(32-31-22)35-11-7-17(8-12-35)26-34-33-25(38-26)15-20(36)14-19-16-28-9-10-29-19/h1-6,9-10,16-17H,7-8,11-15H2,(H,30,31,37). The molecule has 38 heavy (non-hydrogen) atoms. The molecule has 4 heterocycles. The first-order valence-corrected chi connectivity index (χ1v) is 13.1. The molecule has 4 aromatic rings. The molecule has 0 bridgehead atoms. The number of carbonyl (C=O) groups excluding carboxylic acids is 2. The van der Waals surface area contributed by atoms with E-state index < -0.39 is 5.82 Å². The van der Waals surface area contributed by atoms with E-state index in [1.54, 1.807) is 42.9 Å². The Morgan fingerprint density at radius 3 is 2.55 bits per heavy atom. The maximum absolute atomic E-state index is 13.8. The minimum Gasteiger partial charge on any atom is -0.355 e. The maximum Gasteiger partial charge on any atom is 0.230 e. The van der Waals surface area contributed by atoms with Crippen molar-refractivity contribution in [3.63, 3.8) is 0 Å².